The summed E-state index contributed by atoms with van der Waals surface area (Å²) in [5.41, 5.74) is 3.36. The van der Waals surface area contributed by atoms with E-state index in [0.29, 0.717) is 12.2 Å². The molecule has 0 spiro atoms. The van der Waals surface area contributed by atoms with E-state index in [1.807, 2.05) is 33.8 Å². The van der Waals surface area contributed by atoms with Crippen molar-refractivity contribution in [1.29, 1.82) is 0 Å². The Kier molecular flexibility index (Phi) is 6.42. The first kappa shape index (κ1) is 20.0. The van der Waals surface area contributed by atoms with Crippen LogP contribution in [0.5, 0.6) is 0 Å². The van der Waals surface area contributed by atoms with Crippen molar-refractivity contribution in [3.05, 3.63) is 59.2 Å². The third-order valence-corrected chi connectivity index (χ3v) is 5.75. The molecule has 1 amide bonds. The van der Waals surface area contributed by atoms with Crippen molar-refractivity contribution in [2.75, 3.05) is 17.4 Å². The number of hydrogen-bond donors (Lipinski definition) is 1. The first-order valence-electron chi connectivity index (χ1n) is 8.68. The summed E-state index contributed by atoms with van der Waals surface area (Å²) in [5, 5.41) is 2.75. The van der Waals surface area contributed by atoms with Gasteiger partial charge in [0.05, 0.1) is 10.6 Å². The van der Waals surface area contributed by atoms with E-state index in [9.17, 15) is 13.2 Å². The van der Waals surface area contributed by atoms with Gasteiger partial charge in [-0.15, -0.1) is 0 Å². The summed E-state index contributed by atoms with van der Waals surface area (Å²) >= 11 is 0. The Morgan fingerprint density at radius 2 is 1.54 bits per heavy atom. The second kappa shape index (κ2) is 8.36. The van der Waals surface area contributed by atoms with Crippen molar-refractivity contribution in [2.24, 2.45) is 0 Å². The number of carbonyl (C=O) groups is 1. The van der Waals surface area contributed by atoms with E-state index in [1.165, 1.54) is 4.31 Å². The first-order valence-corrected chi connectivity index (χ1v) is 10.1. The lowest BCUT2D eigenvalue weighted by Crippen LogP contribution is -2.41. The van der Waals surface area contributed by atoms with E-state index >= 15 is 0 Å². The zero-order chi connectivity index (χ0) is 19.3. The van der Waals surface area contributed by atoms with E-state index in [4.69, 9.17) is 0 Å². The summed E-state index contributed by atoms with van der Waals surface area (Å²) in [4.78, 5) is 12.4. The van der Waals surface area contributed by atoms with Crippen LogP contribution >= 0.6 is 0 Å². The van der Waals surface area contributed by atoms with Gasteiger partial charge in [-0.3, -0.25) is 9.10 Å². The Morgan fingerprint density at radius 3 is 2.08 bits per heavy atom. The third-order valence-electron chi connectivity index (χ3n) is 3.96. The van der Waals surface area contributed by atoms with Crippen molar-refractivity contribution in [3.63, 3.8) is 0 Å². The highest BCUT2D eigenvalue weighted by molar-refractivity contribution is 7.92. The predicted molar refractivity (Wildman–Crippen MR) is 105 cm³/mol. The molecule has 6 heteroatoms. The van der Waals surface area contributed by atoms with Crippen LogP contribution in [-0.4, -0.2) is 27.4 Å². The van der Waals surface area contributed by atoms with Crippen molar-refractivity contribution in [2.45, 2.75) is 39.0 Å². The van der Waals surface area contributed by atoms with Gasteiger partial charge < -0.3 is 5.32 Å². The Labute approximate surface area is 156 Å². The number of benzene rings is 2. The van der Waals surface area contributed by atoms with Gasteiger partial charge in [0.1, 0.15) is 6.54 Å². The lowest BCUT2D eigenvalue weighted by molar-refractivity contribution is -0.119. The first-order chi connectivity index (χ1) is 12.2. The fourth-order valence-electron chi connectivity index (χ4n) is 2.70. The summed E-state index contributed by atoms with van der Waals surface area (Å²) in [6.45, 7) is 7.93. The predicted octanol–water partition coefficient (Wildman–Crippen LogP) is 3.33. The summed E-state index contributed by atoms with van der Waals surface area (Å²) in [6.07, 6.45) is 0.792. The minimum atomic E-state index is -3.85. The number of nitrogens with zero attached hydrogens (tertiary/aromatic N) is 1. The van der Waals surface area contributed by atoms with Crippen molar-refractivity contribution >= 4 is 21.6 Å². The fourth-order valence-corrected chi connectivity index (χ4v) is 4.10. The quantitative estimate of drug-likeness (QED) is 0.808. The average molecular weight is 375 g/mol. The Balaban J connectivity index is 2.48. The molecule has 0 fully saturated rings. The van der Waals surface area contributed by atoms with Crippen molar-refractivity contribution < 1.29 is 13.2 Å². The number of anilines is 1. The van der Waals surface area contributed by atoms with Gasteiger partial charge in [-0.25, -0.2) is 8.42 Å². The van der Waals surface area contributed by atoms with E-state index in [-0.39, 0.29) is 17.3 Å². The number of carbonyl (C=O) groups excluding carboxylic acids is 1. The molecule has 0 aliphatic heterocycles. The van der Waals surface area contributed by atoms with Gasteiger partial charge in [0.2, 0.25) is 5.91 Å². The van der Waals surface area contributed by atoms with Crippen LogP contribution in [0.1, 0.15) is 30.0 Å². The van der Waals surface area contributed by atoms with Crippen LogP contribution in [0.4, 0.5) is 5.69 Å². The Bertz CT molecular complexity index is 854. The topological polar surface area (TPSA) is 66.5 Å². The summed E-state index contributed by atoms with van der Waals surface area (Å²) < 4.78 is 27.6. The molecule has 1 N–H and O–H groups in total. The molecule has 0 heterocycles. The van der Waals surface area contributed by atoms with Gasteiger partial charge in [-0.05, 0) is 62.6 Å². The highest BCUT2D eigenvalue weighted by atomic mass is 32.2. The van der Waals surface area contributed by atoms with E-state index in [2.05, 4.69) is 5.32 Å². The fraction of sp³-hybridized carbons (Fsp3) is 0.350. The monoisotopic (exact) mass is 374 g/mol. The molecule has 2 rings (SSSR count). The molecule has 0 bridgehead atoms. The maximum absolute atomic E-state index is 13.2. The van der Waals surface area contributed by atoms with Crippen LogP contribution in [0, 0.1) is 20.8 Å². The molecule has 0 saturated heterocycles. The Hall–Kier alpha value is -2.34. The number of rotatable bonds is 7. The van der Waals surface area contributed by atoms with Crippen LogP contribution in [0.15, 0.2) is 47.4 Å². The lowest BCUT2D eigenvalue weighted by Gasteiger charge is -2.25. The molecule has 0 unspecified atom stereocenters. The summed E-state index contributed by atoms with van der Waals surface area (Å²) in [6, 6.07) is 12.2. The number of nitrogens with one attached hydrogen (secondary N) is 1. The van der Waals surface area contributed by atoms with Crippen LogP contribution in [0.2, 0.25) is 0 Å². The number of hydrogen-bond acceptors (Lipinski definition) is 3. The highest BCUT2D eigenvalue weighted by Gasteiger charge is 2.27. The minimum Gasteiger partial charge on any atom is -0.355 e. The zero-order valence-electron chi connectivity index (χ0n) is 15.7. The summed E-state index contributed by atoms with van der Waals surface area (Å²) in [5.74, 6) is -0.318. The van der Waals surface area contributed by atoms with E-state index in [1.54, 1.807) is 36.4 Å². The number of amides is 1. The second-order valence-corrected chi connectivity index (χ2v) is 8.38. The lowest BCUT2D eigenvalue weighted by atomic mass is 10.1. The maximum atomic E-state index is 13.2. The van der Waals surface area contributed by atoms with Crippen molar-refractivity contribution in [1.82, 2.24) is 5.32 Å². The van der Waals surface area contributed by atoms with Crippen LogP contribution < -0.4 is 9.62 Å². The normalized spacial score (nSPS) is 11.2. The van der Waals surface area contributed by atoms with Gasteiger partial charge in [0, 0.05) is 6.54 Å². The molecular formula is C20H26N2O3S. The average Bonchev–Trinajstić information content (AvgIpc) is 2.57. The molecule has 0 radical (unpaired) electrons. The second-order valence-electron chi connectivity index (χ2n) is 6.52. The van der Waals surface area contributed by atoms with E-state index in [0.717, 1.165) is 23.1 Å². The molecule has 0 atom stereocenters. The SMILES string of the molecule is CCCNC(=O)CN(c1cc(C)cc(C)c1)S(=O)(=O)c1ccc(C)cc1. The highest BCUT2D eigenvalue weighted by Crippen LogP contribution is 2.26. The van der Waals surface area contributed by atoms with E-state index < -0.39 is 10.0 Å². The molecule has 2 aromatic rings. The standard InChI is InChI=1S/C20H26N2O3S/c1-5-10-21-20(23)14-22(18-12-16(3)11-17(4)13-18)26(24,25)19-8-6-15(2)7-9-19/h6-9,11-13H,5,10,14H2,1-4H3,(H,21,23). The summed E-state index contributed by atoms with van der Waals surface area (Å²) in [7, 11) is -3.85. The third kappa shape index (κ3) is 4.85. The minimum absolute atomic E-state index is 0.172. The molecule has 0 aromatic heterocycles. The van der Waals surface area contributed by atoms with Crippen LogP contribution in [-0.2, 0) is 14.8 Å². The van der Waals surface area contributed by atoms with Gasteiger partial charge in [-0.2, -0.15) is 0 Å². The van der Waals surface area contributed by atoms with Gasteiger partial charge in [0.15, 0.2) is 0 Å². The number of aryl methyl sites for hydroxylation is 3. The van der Waals surface area contributed by atoms with Gasteiger partial charge >= 0.3 is 0 Å². The Morgan fingerprint density at radius 1 is 0.962 bits per heavy atom. The molecule has 0 aliphatic carbocycles. The van der Waals surface area contributed by atoms with Crippen molar-refractivity contribution in [3.8, 4) is 0 Å². The largest absolute Gasteiger partial charge is 0.355 e. The molecular weight excluding hydrogens is 348 g/mol. The maximum Gasteiger partial charge on any atom is 0.264 e. The molecule has 26 heavy (non-hydrogen) atoms. The number of sulfonamides is 1. The smallest absolute Gasteiger partial charge is 0.264 e. The molecule has 0 saturated carbocycles. The molecule has 5 nitrogen and oxygen atoms in total. The van der Waals surface area contributed by atoms with Gasteiger partial charge in [0.25, 0.3) is 10.0 Å². The molecule has 2 aromatic carbocycles. The van der Waals surface area contributed by atoms with Crippen LogP contribution in [0.3, 0.4) is 0 Å². The van der Waals surface area contributed by atoms with Crippen LogP contribution in [0.25, 0.3) is 0 Å². The zero-order valence-corrected chi connectivity index (χ0v) is 16.6. The molecule has 0 aliphatic rings. The van der Waals surface area contributed by atoms with Gasteiger partial charge in [-0.1, -0.05) is 30.7 Å². The molecule has 140 valence electrons.